The van der Waals surface area contributed by atoms with E-state index in [-0.39, 0.29) is 13.2 Å². The van der Waals surface area contributed by atoms with Gasteiger partial charge < -0.3 is 15.2 Å². The predicted molar refractivity (Wildman–Crippen MR) is 55.0 cm³/mol. The lowest BCUT2D eigenvalue weighted by Crippen LogP contribution is -1.89. The highest BCUT2D eigenvalue weighted by Gasteiger charge is 2.03. The molecule has 3 nitrogen and oxygen atoms in total. The summed E-state index contributed by atoms with van der Waals surface area (Å²) in [6, 6.07) is 5.79. The summed E-state index contributed by atoms with van der Waals surface area (Å²) in [6.07, 6.45) is 2.55. The number of fused-ring (bicyclic) bond motifs is 1. The second-order valence-corrected chi connectivity index (χ2v) is 3.33. The van der Waals surface area contributed by atoms with Crippen molar-refractivity contribution in [3.05, 3.63) is 35.5 Å². The standard InChI is InChI=1S/C11H13NO2/c13-4-3-9-6-12-11-2-1-8(7-14)5-10(9)11/h1-2,5-6,12-14H,3-4,7H2. The van der Waals surface area contributed by atoms with Crippen LogP contribution < -0.4 is 0 Å². The second kappa shape index (κ2) is 3.82. The highest BCUT2D eigenvalue weighted by molar-refractivity contribution is 5.83. The third-order valence-corrected chi connectivity index (χ3v) is 2.40. The van der Waals surface area contributed by atoms with Gasteiger partial charge in [0.25, 0.3) is 0 Å². The lowest BCUT2D eigenvalue weighted by molar-refractivity contribution is 0.282. The molecule has 0 saturated heterocycles. The molecule has 0 aliphatic heterocycles. The molecular weight excluding hydrogens is 178 g/mol. The largest absolute Gasteiger partial charge is 0.396 e. The van der Waals surface area contributed by atoms with E-state index in [0.717, 1.165) is 22.0 Å². The molecule has 0 amide bonds. The number of rotatable bonds is 3. The molecule has 1 heterocycles. The molecule has 0 aliphatic rings. The number of hydrogen-bond acceptors (Lipinski definition) is 2. The van der Waals surface area contributed by atoms with Crippen molar-refractivity contribution in [1.82, 2.24) is 4.98 Å². The highest BCUT2D eigenvalue weighted by atomic mass is 16.3. The van der Waals surface area contributed by atoms with Crippen molar-refractivity contribution in [3.8, 4) is 0 Å². The summed E-state index contributed by atoms with van der Waals surface area (Å²) >= 11 is 0. The summed E-state index contributed by atoms with van der Waals surface area (Å²) in [5.74, 6) is 0. The molecule has 74 valence electrons. The molecule has 14 heavy (non-hydrogen) atoms. The maximum Gasteiger partial charge on any atom is 0.0682 e. The van der Waals surface area contributed by atoms with Crippen molar-refractivity contribution in [2.45, 2.75) is 13.0 Å². The Morgan fingerprint density at radius 1 is 1.21 bits per heavy atom. The van der Waals surface area contributed by atoms with Crippen molar-refractivity contribution in [1.29, 1.82) is 0 Å². The molecule has 0 bridgehead atoms. The van der Waals surface area contributed by atoms with Crippen LogP contribution in [0.2, 0.25) is 0 Å². The normalized spacial score (nSPS) is 11.0. The van der Waals surface area contributed by atoms with Gasteiger partial charge in [-0.1, -0.05) is 6.07 Å². The first kappa shape index (κ1) is 9.24. The molecule has 1 aromatic carbocycles. The molecule has 0 fully saturated rings. The Kier molecular flexibility index (Phi) is 2.52. The van der Waals surface area contributed by atoms with Gasteiger partial charge in [0.15, 0.2) is 0 Å². The van der Waals surface area contributed by atoms with Crippen LogP contribution in [0.4, 0.5) is 0 Å². The molecular formula is C11H13NO2. The van der Waals surface area contributed by atoms with Crippen LogP contribution in [-0.2, 0) is 13.0 Å². The maximum absolute atomic E-state index is 9.00. The molecule has 0 aliphatic carbocycles. The van der Waals surface area contributed by atoms with E-state index in [4.69, 9.17) is 10.2 Å². The van der Waals surface area contributed by atoms with Crippen LogP contribution in [0.25, 0.3) is 10.9 Å². The van der Waals surface area contributed by atoms with Crippen LogP contribution in [0.3, 0.4) is 0 Å². The first-order chi connectivity index (χ1) is 6.85. The molecule has 0 spiro atoms. The molecule has 2 rings (SSSR count). The molecule has 0 atom stereocenters. The molecule has 0 unspecified atom stereocenters. The topological polar surface area (TPSA) is 56.2 Å². The number of nitrogens with one attached hydrogen (secondary N) is 1. The Balaban J connectivity index is 2.52. The zero-order valence-electron chi connectivity index (χ0n) is 7.83. The van der Waals surface area contributed by atoms with E-state index in [1.54, 1.807) is 0 Å². The van der Waals surface area contributed by atoms with Crippen molar-refractivity contribution in [2.75, 3.05) is 6.61 Å². The van der Waals surface area contributed by atoms with Gasteiger partial charge in [0.1, 0.15) is 0 Å². The zero-order chi connectivity index (χ0) is 9.97. The second-order valence-electron chi connectivity index (χ2n) is 3.33. The molecule has 3 N–H and O–H groups in total. The van der Waals surface area contributed by atoms with Gasteiger partial charge in [0, 0.05) is 23.7 Å². The fourth-order valence-corrected chi connectivity index (χ4v) is 1.65. The SMILES string of the molecule is OCCc1c[nH]c2ccc(CO)cc12. The summed E-state index contributed by atoms with van der Waals surface area (Å²) in [5, 5.41) is 18.9. The van der Waals surface area contributed by atoms with Crippen molar-refractivity contribution in [3.63, 3.8) is 0 Å². The number of aliphatic hydroxyl groups is 2. The third-order valence-electron chi connectivity index (χ3n) is 2.40. The van der Waals surface area contributed by atoms with Gasteiger partial charge in [-0.15, -0.1) is 0 Å². The average Bonchev–Trinajstić information content (AvgIpc) is 2.61. The van der Waals surface area contributed by atoms with Gasteiger partial charge in [-0.05, 0) is 29.7 Å². The molecule has 0 radical (unpaired) electrons. The summed E-state index contributed by atoms with van der Waals surface area (Å²) in [5.41, 5.74) is 3.04. The minimum atomic E-state index is 0.0552. The van der Waals surface area contributed by atoms with Crippen molar-refractivity contribution >= 4 is 10.9 Å². The van der Waals surface area contributed by atoms with Gasteiger partial charge in [-0.25, -0.2) is 0 Å². The Hall–Kier alpha value is -1.32. The number of aromatic nitrogens is 1. The van der Waals surface area contributed by atoms with E-state index in [2.05, 4.69) is 4.98 Å². The van der Waals surface area contributed by atoms with Crippen LogP contribution in [0.1, 0.15) is 11.1 Å². The Morgan fingerprint density at radius 2 is 2.07 bits per heavy atom. The van der Waals surface area contributed by atoms with Gasteiger partial charge in [-0.3, -0.25) is 0 Å². The zero-order valence-corrected chi connectivity index (χ0v) is 7.83. The first-order valence-electron chi connectivity index (χ1n) is 4.65. The summed E-state index contributed by atoms with van der Waals surface area (Å²) in [7, 11) is 0. The van der Waals surface area contributed by atoms with Crippen molar-refractivity contribution < 1.29 is 10.2 Å². The van der Waals surface area contributed by atoms with Crippen LogP contribution >= 0.6 is 0 Å². The van der Waals surface area contributed by atoms with E-state index in [0.29, 0.717) is 6.42 Å². The molecule has 0 saturated carbocycles. The first-order valence-corrected chi connectivity index (χ1v) is 4.65. The van der Waals surface area contributed by atoms with E-state index >= 15 is 0 Å². The smallest absolute Gasteiger partial charge is 0.0682 e. The van der Waals surface area contributed by atoms with E-state index in [1.165, 1.54) is 0 Å². The summed E-state index contributed by atoms with van der Waals surface area (Å²) < 4.78 is 0. The average molecular weight is 191 g/mol. The van der Waals surface area contributed by atoms with E-state index in [1.807, 2.05) is 24.4 Å². The van der Waals surface area contributed by atoms with Gasteiger partial charge in [-0.2, -0.15) is 0 Å². The monoisotopic (exact) mass is 191 g/mol. The van der Waals surface area contributed by atoms with Gasteiger partial charge >= 0.3 is 0 Å². The number of benzene rings is 1. The van der Waals surface area contributed by atoms with Crippen LogP contribution in [0, 0.1) is 0 Å². The number of aromatic amines is 1. The Bertz CT molecular complexity index is 434. The number of hydrogen-bond donors (Lipinski definition) is 3. The summed E-state index contributed by atoms with van der Waals surface area (Å²) in [6.45, 7) is 0.204. The third kappa shape index (κ3) is 1.52. The molecule has 3 heteroatoms. The fraction of sp³-hybridized carbons (Fsp3) is 0.273. The minimum absolute atomic E-state index is 0.0552. The molecule has 1 aromatic heterocycles. The van der Waals surface area contributed by atoms with E-state index in [9.17, 15) is 0 Å². The van der Waals surface area contributed by atoms with Crippen LogP contribution in [-0.4, -0.2) is 21.8 Å². The Labute approximate surface area is 82.0 Å². The van der Waals surface area contributed by atoms with Crippen LogP contribution in [0.5, 0.6) is 0 Å². The highest BCUT2D eigenvalue weighted by Crippen LogP contribution is 2.20. The quantitative estimate of drug-likeness (QED) is 0.682. The predicted octanol–water partition coefficient (Wildman–Crippen LogP) is 1.19. The fourth-order valence-electron chi connectivity index (χ4n) is 1.65. The maximum atomic E-state index is 9.00. The number of H-pyrrole nitrogens is 1. The lowest BCUT2D eigenvalue weighted by atomic mass is 10.1. The minimum Gasteiger partial charge on any atom is -0.396 e. The van der Waals surface area contributed by atoms with E-state index < -0.39 is 0 Å². The number of aliphatic hydroxyl groups excluding tert-OH is 2. The van der Waals surface area contributed by atoms with Gasteiger partial charge in [0.2, 0.25) is 0 Å². The lowest BCUT2D eigenvalue weighted by Gasteiger charge is -1.98. The van der Waals surface area contributed by atoms with Gasteiger partial charge in [0.05, 0.1) is 6.61 Å². The summed E-state index contributed by atoms with van der Waals surface area (Å²) in [4.78, 5) is 3.13. The van der Waals surface area contributed by atoms with Crippen molar-refractivity contribution in [2.24, 2.45) is 0 Å². The molecule has 2 aromatic rings. The van der Waals surface area contributed by atoms with Crippen LogP contribution in [0.15, 0.2) is 24.4 Å². The Morgan fingerprint density at radius 3 is 2.79 bits per heavy atom.